The summed E-state index contributed by atoms with van der Waals surface area (Å²) in [5, 5.41) is 2.36. The van der Waals surface area contributed by atoms with Crippen molar-refractivity contribution >= 4 is 25.1 Å². The van der Waals surface area contributed by atoms with E-state index in [4.69, 9.17) is 13.9 Å². The van der Waals surface area contributed by atoms with Crippen molar-refractivity contribution in [1.29, 1.82) is 0 Å². The summed E-state index contributed by atoms with van der Waals surface area (Å²) in [6.07, 6.45) is 3.80. The first-order valence-corrected chi connectivity index (χ1v) is 12.5. The maximum absolute atomic E-state index is 11.5. The quantitative estimate of drug-likeness (QED) is 0.323. The molecule has 0 heterocycles. The summed E-state index contributed by atoms with van der Waals surface area (Å²) in [5.74, 6) is 0.493. The van der Waals surface area contributed by atoms with Crippen LogP contribution in [0.15, 0.2) is 48.6 Å². The average Bonchev–Trinajstić information content (AvgIpc) is 2.65. The molecule has 1 atom stereocenters. The van der Waals surface area contributed by atoms with Crippen LogP contribution in [0.3, 0.4) is 0 Å². The van der Waals surface area contributed by atoms with E-state index in [1.807, 2.05) is 18.2 Å². The third kappa shape index (κ3) is 5.46. The van der Waals surface area contributed by atoms with Gasteiger partial charge in [-0.1, -0.05) is 45.0 Å². The second kappa shape index (κ2) is 8.93. The zero-order valence-corrected chi connectivity index (χ0v) is 19.0. The standard InChI is InChI=1S/C23H32O4Si/c1-23(2,3)28(6,7)27-21(9-8-10-22(24)26-5)19-12-11-18-16-20(25-4)14-13-17(18)15-19/h8,10-16,21H,9H2,1-7H3/b10-8+/t21-/m1/s1. The number of esters is 1. The highest BCUT2D eigenvalue weighted by atomic mass is 28.4. The first-order valence-electron chi connectivity index (χ1n) is 9.57. The van der Waals surface area contributed by atoms with Crippen molar-refractivity contribution in [1.82, 2.24) is 0 Å². The van der Waals surface area contributed by atoms with Crippen molar-refractivity contribution in [3.63, 3.8) is 0 Å². The van der Waals surface area contributed by atoms with Gasteiger partial charge in [-0.2, -0.15) is 0 Å². The summed E-state index contributed by atoms with van der Waals surface area (Å²) in [6.45, 7) is 11.2. The van der Waals surface area contributed by atoms with E-state index in [-0.39, 0.29) is 17.1 Å². The molecule has 0 aliphatic carbocycles. The Bertz CT molecular complexity index is 849. The number of hydrogen-bond donors (Lipinski definition) is 0. The van der Waals surface area contributed by atoms with Crippen LogP contribution in [0.2, 0.25) is 18.1 Å². The van der Waals surface area contributed by atoms with Crippen LogP contribution in [-0.2, 0) is 14.0 Å². The number of benzene rings is 2. The van der Waals surface area contributed by atoms with E-state index in [0.29, 0.717) is 6.42 Å². The van der Waals surface area contributed by atoms with Crippen LogP contribution >= 0.6 is 0 Å². The Balaban J connectivity index is 2.38. The van der Waals surface area contributed by atoms with Crippen LogP contribution in [0.1, 0.15) is 38.9 Å². The van der Waals surface area contributed by atoms with Crippen molar-refractivity contribution in [2.45, 2.75) is 51.4 Å². The Labute approximate surface area is 169 Å². The minimum absolute atomic E-state index is 0.0987. The largest absolute Gasteiger partial charge is 0.497 e. The van der Waals surface area contributed by atoms with Crippen molar-refractivity contribution in [3.8, 4) is 5.75 Å². The fourth-order valence-corrected chi connectivity index (χ4v) is 4.01. The van der Waals surface area contributed by atoms with Crippen molar-refractivity contribution in [2.75, 3.05) is 14.2 Å². The molecule has 152 valence electrons. The Hall–Kier alpha value is -2.11. The third-order valence-corrected chi connectivity index (χ3v) is 9.98. The molecule has 2 aromatic rings. The third-order valence-electron chi connectivity index (χ3n) is 5.49. The molecular weight excluding hydrogens is 368 g/mol. The molecule has 0 saturated carbocycles. The maximum atomic E-state index is 11.5. The Morgan fingerprint density at radius 2 is 1.71 bits per heavy atom. The van der Waals surface area contributed by atoms with Gasteiger partial charge in [-0.3, -0.25) is 0 Å². The minimum atomic E-state index is -1.99. The number of rotatable bonds is 7. The molecule has 4 nitrogen and oxygen atoms in total. The van der Waals surface area contributed by atoms with E-state index >= 15 is 0 Å². The number of methoxy groups -OCH3 is 2. The van der Waals surface area contributed by atoms with Crippen LogP contribution < -0.4 is 4.74 Å². The molecule has 28 heavy (non-hydrogen) atoms. The minimum Gasteiger partial charge on any atom is -0.497 e. The van der Waals surface area contributed by atoms with Gasteiger partial charge in [0.2, 0.25) is 0 Å². The molecule has 0 bridgehead atoms. The molecule has 0 N–H and O–H groups in total. The zero-order valence-electron chi connectivity index (χ0n) is 18.0. The van der Waals surface area contributed by atoms with Crippen LogP contribution in [-0.4, -0.2) is 28.5 Å². The lowest BCUT2D eigenvalue weighted by Crippen LogP contribution is -2.41. The fraction of sp³-hybridized carbons (Fsp3) is 0.435. The lowest BCUT2D eigenvalue weighted by atomic mass is 10.0. The highest BCUT2D eigenvalue weighted by molar-refractivity contribution is 6.74. The van der Waals surface area contributed by atoms with Crippen LogP contribution in [0.4, 0.5) is 0 Å². The molecule has 2 aromatic carbocycles. The topological polar surface area (TPSA) is 44.8 Å². The molecule has 0 spiro atoms. The first kappa shape index (κ1) is 22.2. The zero-order chi connectivity index (χ0) is 20.9. The molecule has 0 saturated heterocycles. The monoisotopic (exact) mass is 400 g/mol. The predicted molar refractivity (Wildman–Crippen MR) is 117 cm³/mol. The molecule has 0 fully saturated rings. The van der Waals surface area contributed by atoms with E-state index in [1.54, 1.807) is 7.11 Å². The van der Waals surface area contributed by atoms with E-state index in [2.05, 4.69) is 58.1 Å². The van der Waals surface area contributed by atoms with Gasteiger partial charge in [0.15, 0.2) is 8.32 Å². The number of ether oxygens (including phenoxy) is 2. The van der Waals surface area contributed by atoms with Gasteiger partial charge in [0, 0.05) is 6.08 Å². The summed E-state index contributed by atoms with van der Waals surface area (Å²) < 4.78 is 16.7. The van der Waals surface area contributed by atoms with Gasteiger partial charge >= 0.3 is 5.97 Å². The summed E-state index contributed by atoms with van der Waals surface area (Å²) in [6, 6.07) is 12.4. The smallest absolute Gasteiger partial charge is 0.330 e. The summed E-state index contributed by atoms with van der Waals surface area (Å²) >= 11 is 0. The van der Waals surface area contributed by atoms with E-state index in [1.165, 1.54) is 13.2 Å². The van der Waals surface area contributed by atoms with Gasteiger partial charge in [-0.15, -0.1) is 0 Å². The Morgan fingerprint density at radius 1 is 1.07 bits per heavy atom. The first-order chi connectivity index (χ1) is 13.1. The molecule has 2 rings (SSSR count). The molecule has 5 heteroatoms. The Morgan fingerprint density at radius 3 is 2.32 bits per heavy atom. The number of hydrogen-bond acceptors (Lipinski definition) is 4. The number of fused-ring (bicyclic) bond motifs is 1. The van der Waals surface area contributed by atoms with E-state index < -0.39 is 8.32 Å². The van der Waals surface area contributed by atoms with Crippen molar-refractivity contribution in [2.24, 2.45) is 0 Å². The second-order valence-corrected chi connectivity index (χ2v) is 13.3. The highest BCUT2D eigenvalue weighted by Gasteiger charge is 2.39. The molecule has 0 unspecified atom stereocenters. The van der Waals surface area contributed by atoms with Gasteiger partial charge in [0.25, 0.3) is 0 Å². The SMILES string of the molecule is COC(=O)/C=C/C[C@@H](O[Si](C)(C)C(C)(C)C)c1ccc2cc(OC)ccc2c1. The predicted octanol–water partition coefficient (Wildman–Crippen LogP) is 6.03. The average molecular weight is 401 g/mol. The van der Waals surface area contributed by atoms with Crippen molar-refractivity contribution < 1.29 is 18.7 Å². The highest BCUT2D eigenvalue weighted by Crippen LogP contribution is 2.41. The van der Waals surface area contributed by atoms with Crippen molar-refractivity contribution in [3.05, 3.63) is 54.1 Å². The summed E-state index contributed by atoms with van der Waals surface area (Å²) in [7, 11) is 1.07. The fourth-order valence-electron chi connectivity index (χ4n) is 2.71. The lowest BCUT2D eigenvalue weighted by molar-refractivity contribution is -0.134. The lowest BCUT2D eigenvalue weighted by Gasteiger charge is -2.39. The van der Waals surface area contributed by atoms with E-state index in [0.717, 1.165) is 22.1 Å². The van der Waals surface area contributed by atoms with Gasteiger partial charge < -0.3 is 13.9 Å². The Kier molecular flexibility index (Phi) is 7.07. The summed E-state index contributed by atoms with van der Waals surface area (Å²) in [5.41, 5.74) is 1.11. The molecule has 0 aromatic heterocycles. The van der Waals surface area contributed by atoms with Crippen LogP contribution in [0, 0.1) is 0 Å². The number of carbonyl (C=O) groups excluding carboxylic acids is 1. The van der Waals surface area contributed by atoms with Gasteiger partial charge in [-0.25, -0.2) is 4.79 Å². The number of carbonyl (C=O) groups is 1. The molecule has 0 aliphatic heterocycles. The normalized spacial score (nSPS) is 13.7. The van der Waals surface area contributed by atoms with Gasteiger partial charge in [0.1, 0.15) is 5.75 Å². The maximum Gasteiger partial charge on any atom is 0.330 e. The molecular formula is C23H32O4Si. The molecule has 0 aliphatic rings. The molecule has 0 radical (unpaired) electrons. The van der Waals surface area contributed by atoms with Crippen LogP contribution in [0.5, 0.6) is 5.75 Å². The molecule has 0 amide bonds. The second-order valence-electron chi connectivity index (χ2n) is 8.50. The summed E-state index contributed by atoms with van der Waals surface area (Å²) in [4.78, 5) is 11.5. The van der Waals surface area contributed by atoms with Crippen LogP contribution in [0.25, 0.3) is 10.8 Å². The van der Waals surface area contributed by atoms with E-state index in [9.17, 15) is 4.79 Å². The van der Waals surface area contributed by atoms with Gasteiger partial charge in [-0.05, 0) is 59.1 Å². The van der Waals surface area contributed by atoms with Gasteiger partial charge in [0.05, 0.1) is 20.3 Å².